The lowest BCUT2D eigenvalue weighted by molar-refractivity contribution is 0.0929. The molecule has 1 aliphatic carbocycles. The lowest BCUT2D eigenvalue weighted by Crippen LogP contribution is -2.36. The zero-order chi connectivity index (χ0) is 15.0. The van der Waals surface area contributed by atoms with Gasteiger partial charge in [-0.3, -0.25) is 9.59 Å². The van der Waals surface area contributed by atoms with Crippen molar-refractivity contribution in [1.82, 2.24) is 15.3 Å². The van der Waals surface area contributed by atoms with Gasteiger partial charge in [-0.25, -0.2) is 0 Å². The Morgan fingerprint density at radius 3 is 2.67 bits per heavy atom. The van der Waals surface area contributed by atoms with Crippen LogP contribution in [0.15, 0.2) is 11.0 Å². The largest absolute Gasteiger partial charge is 0.358 e. The van der Waals surface area contributed by atoms with Crippen molar-refractivity contribution in [2.75, 3.05) is 0 Å². The lowest BCUT2D eigenvalue weighted by atomic mass is 9.95. The van der Waals surface area contributed by atoms with Gasteiger partial charge in [0.15, 0.2) is 0 Å². The molecular formula is C16H21N3O2. The zero-order valence-electron chi connectivity index (χ0n) is 12.5. The number of pyridine rings is 1. The molecule has 3 rings (SSSR count). The molecule has 21 heavy (non-hydrogen) atoms. The quantitative estimate of drug-likeness (QED) is 0.793. The third-order valence-corrected chi connectivity index (χ3v) is 4.40. The molecule has 2 aromatic heterocycles. The van der Waals surface area contributed by atoms with Crippen molar-refractivity contribution < 1.29 is 4.79 Å². The van der Waals surface area contributed by atoms with Crippen LogP contribution in [-0.4, -0.2) is 21.9 Å². The normalized spacial score (nSPS) is 16.3. The third-order valence-electron chi connectivity index (χ3n) is 4.40. The fraction of sp³-hybridized carbons (Fsp3) is 0.500. The lowest BCUT2D eigenvalue weighted by Gasteiger charge is -2.22. The fourth-order valence-electron chi connectivity index (χ4n) is 3.25. The van der Waals surface area contributed by atoms with Crippen LogP contribution in [0, 0.1) is 13.8 Å². The molecule has 0 radical (unpaired) electrons. The minimum absolute atomic E-state index is 0.137. The fourth-order valence-corrected chi connectivity index (χ4v) is 3.25. The molecule has 0 spiro atoms. The summed E-state index contributed by atoms with van der Waals surface area (Å²) in [5.74, 6) is -0.137. The molecule has 1 fully saturated rings. The number of nitrogens with one attached hydrogen (secondary N) is 3. The van der Waals surface area contributed by atoms with Gasteiger partial charge in [-0.2, -0.15) is 0 Å². The van der Waals surface area contributed by atoms with Crippen molar-refractivity contribution in [2.45, 2.75) is 52.0 Å². The standard InChI is InChI=1S/C16H21N3O2/c1-9-8-17-15(20)13-12(10(2)18-14(9)13)16(21)19-11-6-4-3-5-7-11/h8,11,18H,3-7H2,1-2H3,(H,17,20)(H,19,21). The smallest absolute Gasteiger partial charge is 0.258 e. The van der Waals surface area contributed by atoms with Crippen LogP contribution in [0.1, 0.15) is 53.7 Å². The van der Waals surface area contributed by atoms with E-state index in [1.807, 2.05) is 13.8 Å². The highest BCUT2D eigenvalue weighted by atomic mass is 16.2. The summed E-state index contributed by atoms with van der Waals surface area (Å²) in [6, 6.07) is 0.236. The Morgan fingerprint density at radius 1 is 1.24 bits per heavy atom. The van der Waals surface area contributed by atoms with Crippen molar-refractivity contribution in [1.29, 1.82) is 0 Å². The molecule has 0 aliphatic heterocycles. The van der Waals surface area contributed by atoms with Crippen molar-refractivity contribution >= 4 is 16.8 Å². The van der Waals surface area contributed by atoms with Gasteiger partial charge in [0.1, 0.15) is 0 Å². The van der Waals surface area contributed by atoms with E-state index in [0.717, 1.165) is 42.5 Å². The predicted octanol–water partition coefficient (Wildman–Crippen LogP) is 2.54. The summed E-state index contributed by atoms with van der Waals surface area (Å²) in [6.45, 7) is 3.76. The van der Waals surface area contributed by atoms with Crippen molar-refractivity contribution in [3.8, 4) is 0 Å². The molecule has 3 N–H and O–H groups in total. The number of aryl methyl sites for hydroxylation is 2. The van der Waals surface area contributed by atoms with Crippen LogP contribution in [0.4, 0.5) is 0 Å². The van der Waals surface area contributed by atoms with E-state index in [2.05, 4.69) is 15.3 Å². The second kappa shape index (κ2) is 5.39. The first-order valence-electron chi connectivity index (χ1n) is 7.59. The Balaban J connectivity index is 1.99. The van der Waals surface area contributed by atoms with E-state index in [1.54, 1.807) is 6.20 Å². The topological polar surface area (TPSA) is 77.8 Å². The molecular weight excluding hydrogens is 266 g/mol. The molecule has 1 amide bonds. The minimum Gasteiger partial charge on any atom is -0.358 e. The highest BCUT2D eigenvalue weighted by Crippen LogP contribution is 2.22. The Kier molecular flexibility index (Phi) is 3.57. The predicted molar refractivity (Wildman–Crippen MR) is 82.7 cm³/mol. The van der Waals surface area contributed by atoms with Gasteiger partial charge in [0.05, 0.1) is 16.5 Å². The average Bonchev–Trinajstić information content (AvgIpc) is 2.83. The van der Waals surface area contributed by atoms with Gasteiger partial charge >= 0.3 is 0 Å². The Hall–Kier alpha value is -2.04. The Labute approximate surface area is 123 Å². The number of H-pyrrole nitrogens is 2. The number of fused-ring (bicyclic) bond motifs is 1. The van der Waals surface area contributed by atoms with Gasteiger partial charge < -0.3 is 15.3 Å². The highest BCUT2D eigenvalue weighted by Gasteiger charge is 2.22. The number of carbonyl (C=O) groups is 1. The van der Waals surface area contributed by atoms with E-state index in [1.165, 1.54) is 6.42 Å². The van der Waals surface area contributed by atoms with Crippen LogP contribution >= 0.6 is 0 Å². The van der Waals surface area contributed by atoms with E-state index in [4.69, 9.17) is 0 Å². The average molecular weight is 287 g/mol. The maximum Gasteiger partial charge on any atom is 0.258 e. The van der Waals surface area contributed by atoms with Gasteiger partial charge in [0, 0.05) is 17.9 Å². The molecule has 0 atom stereocenters. The van der Waals surface area contributed by atoms with E-state index >= 15 is 0 Å². The highest BCUT2D eigenvalue weighted by molar-refractivity contribution is 6.08. The number of aromatic amines is 2. The van der Waals surface area contributed by atoms with Crippen molar-refractivity contribution in [3.63, 3.8) is 0 Å². The molecule has 0 bridgehead atoms. The maximum atomic E-state index is 12.6. The SMILES string of the molecule is Cc1[nH]c2c(C)c[nH]c(=O)c2c1C(=O)NC1CCCCC1. The van der Waals surface area contributed by atoms with E-state index in [9.17, 15) is 9.59 Å². The first-order chi connectivity index (χ1) is 10.1. The summed E-state index contributed by atoms with van der Waals surface area (Å²) in [5.41, 5.74) is 2.71. The molecule has 0 aromatic carbocycles. The number of hydrogen-bond acceptors (Lipinski definition) is 2. The molecule has 1 aliphatic rings. The van der Waals surface area contributed by atoms with Crippen LogP contribution in [0.25, 0.3) is 10.9 Å². The summed E-state index contributed by atoms with van der Waals surface area (Å²) >= 11 is 0. The molecule has 2 aromatic rings. The number of aromatic nitrogens is 2. The van der Waals surface area contributed by atoms with Crippen LogP contribution < -0.4 is 10.9 Å². The third kappa shape index (κ3) is 2.48. The second-order valence-electron chi connectivity index (χ2n) is 5.98. The number of amides is 1. The first kappa shape index (κ1) is 13.9. The summed E-state index contributed by atoms with van der Waals surface area (Å²) in [4.78, 5) is 30.6. The minimum atomic E-state index is -0.214. The van der Waals surface area contributed by atoms with Crippen LogP contribution in [0.5, 0.6) is 0 Å². The first-order valence-corrected chi connectivity index (χ1v) is 7.59. The molecule has 2 heterocycles. The summed E-state index contributed by atoms with van der Waals surface area (Å²) in [5, 5.41) is 3.56. The summed E-state index contributed by atoms with van der Waals surface area (Å²) < 4.78 is 0. The molecule has 1 saturated carbocycles. The summed E-state index contributed by atoms with van der Waals surface area (Å²) in [7, 11) is 0. The van der Waals surface area contributed by atoms with Gasteiger partial charge in [-0.1, -0.05) is 19.3 Å². The van der Waals surface area contributed by atoms with Gasteiger partial charge in [0.2, 0.25) is 0 Å². The van der Waals surface area contributed by atoms with Crippen LogP contribution in [-0.2, 0) is 0 Å². The molecule has 5 heteroatoms. The number of carbonyl (C=O) groups excluding carboxylic acids is 1. The van der Waals surface area contributed by atoms with Gasteiger partial charge in [0.25, 0.3) is 11.5 Å². The Bertz CT molecular complexity index is 736. The number of rotatable bonds is 2. The summed E-state index contributed by atoms with van der Waals surface area (Å²) in [6.07, 6.45) is 7.31. The molecule has 5 nitrogen and oxygen atoms in total. The van der Waals surface area contributed by atoms with E-state index in [-0.39, 0.29) is 17.5 Å². The van der Waals surface area contributed by atoms with Gasteiger partial charge in [-0.15, -0.1) is 0 Å². The van der Waals surface area contributed by atoms with E-state index < -0.39 is 0 Å². The van der Waals surface area contributed by atoms with Gasteiger partial charge in [-0.05, 0) is 32.3 Å². The molecule has 112 valence electrons. The monoisotopic (exact) mass is 287 g/mol. The van der Waals surface area contributed by atoms with Crippen LogP contribution in [0.2, 0.25) is 0 Å². The van der Waals surface area contributed by atoms with Crippen molar-refractivity contribution in [2.24, 2.45) is 0 Å². The molecule has 0 unspecified atom stereocenters. The zero-order valence-corrected chi connectivity index (χ0v) is 12.5. The number of hydrogen-bond donors (Lipinski definition) is 3. The second-order valence-corrected chi connectivity index (χ2v) is 5.98. The molecule has 0 saturated heterocycles. The van der Waals surface area contributed by atoms with E-state index in [0.29, 0.717) is 10.9 Å². The maximum absolute atomic E-state index is 12.6. The Morgan fingerprint density at radius 2 is 1.95 bits per heavy atom. The van der Waals surface area contributed by atoms with Crippen LogP contribution in [0.3, 0.4) is 0 Å². The van der Waals surface area contributed by atoms with Crippen molar-refractivity contribution in [3.05, 3.63) is 33.4 Å².